The first-order valence-corrected chi connectivity index (χ1v) is 13.6. The highest BCUT2D eigenvalue weighted by Crippen LogP contribution is 2.28. The summed E-state index contributed by atoms with van der Waals surface area (Å²) in [7, 11) is 1.09. The maximum absolute atomic E-state index is 12.5. The van der Waals surface area contributed by atoms with Gasteiger partial charge in [-0.25, -0.2) is 0 Å². The highest BCUT2D eigenvalue weighted by atomic mass is 28.4. The summed E-state index contributed by atoms with van der Waals surface area (Å²) in [5.41, 5.74) is 1.72. The van der Waals surface area contributed by atoms with Crippen LogP contribution in [0.5, 0.6) is 0 Å². The van der Waals surface area contributed by atoms with Crippen LogP contribution in [-0.4, -0.2) is 40.9 Å². The van der Waals surface area contributed by atoms with Gasteiger partial charge in [0.15, 0.2) is 5.78 Å². The Morgan fingerprint density at radius 2 is 1.74 bits per heavy atom. The quantitative estimate of drug-likeness (QED) is 0.103. The molecule has 0 spiro atoms. The van der Waals surface area contributed by atoms with E-state index in [0.29, 0.717) is 31.0 Å². The van der Waals surface area contributed by atoms with E-state index in [9.17, 15) is 9.59 Å². The molecule has 0 fully saturated rings. The molecule has 1 aromatic carbocycles. The van der Waals surface area contributed by atoms with E-state index >= 15 is 0 Å². The fourth-order valence-corrected chi connectivity index (χ4v) is 3.64. The fourth-order valence-electron chi connectivity index (χ4n) is 2.72. The summed E-state index contributed by atoms with van der Waals surface area (Å²) in [5, 5.41) is 0. The summed E-state index contributed by atoms with van der Waals surface area (Å²) in [6, 6.07) is 9.76. The first-order valence-electron chi connectivity index (χ1n) is 10.2. The molecule has 0 radical (unpaired) electrons. The van der Waals surface area contributed by atoms with Gasteiger partial charge < -0.3 is 18.6 Å². The molecule has 0 aliphatic rings. The maximum Gasteiger partial charge on any atom is 0.302 e. The lowest BCUT2D eigenvalue weighted by Gasteiger charge is -2.24. The lowest BCUT2D eigenvalue weighted by atomic mass is 10.0. The van der Waals surface area contributed by atoms with Gasteiger partial charge in [-0.1, -0.05) is 30.3 Å². The van der Waals surface area contributed by atoms with Gasteiger partial charge in [-0.15, -0.1) is 0 Å². The van der Waals surface area contributed by atoms with Crippen molar-refractivity contribution in [2.24, 2.45) is 0 Å². The van der Waals surface area contributed by atoms with E-state index in [2.05, 4.69) is 19.6 Å². The SMILES string of the molecule is CO/C=C/C(=O)C/C(O[Si](C)(C)C)=C(/C=C(/CCCOC(C)=O)OC)c1ccccc1. The molecule has 170 valence electrons. The molecule has 6 nitrogen and oxygen atoms in total. The average molecular weight is 447 g/mol. The van der Waals surface area contributed by atoms with Crippen molar-refractivity contribution < 1.29 is 28.2 Å². The number of carbonyl (C=O) groups is 2. The number of benzene rings is 1. The molecule has 1 rings (SSSR count). The molecule has 0 aliphatic carbocycles. The Balaban J connectivity index is 3.40. The van der Waals surface area contributed by atoms with E-state index in [1.54, 1.807) is 7.11 Å². The predicted molar refractivity (Wildman–Crippen MR) is 125 cm³/mol. The molecule has 0 heterocycles. The second-order valence-electron chi connectivity index (χ2n) is 7.86. The van der Waals surface area contributed by atoms with Gasteiger partial charge in [0.25, 0.3) is 0 Å². The molecule has 0 amide bonds. The molecule has 0 bridgehead atoms. The Hall–Kier alpha value is -2.80. The van der Waals surface area contributed by atoms with Crippen LogP contribution in [0, 0.1) is 0 Å². The number of hydrogen-bond acceptors (Lipinski definition) is 6. The van der Waals surface area contributed by atoms with Crippen molar-refractivity contribution in [3.05, 3.63) is 65.8 Å². The Morgan fingerprint density at radius 1 is 1.06 bits per heavy atom. The lowest BCUT2D eigenvalue weighted by Crippen LogP contribution is -2.26. The van der Waals surface area contributed by atoms with Crippen LogP contribution in [-0.2, 0) is 28.2 Å². The van der Waals surface area contributed by atoms with Crippen LogP contribution < -0.4 is 0 Å². The molecule has 0 aliphatic heterocycles. The summed E-state index contributed by atoms with van der Waals surface area (Å²) in [6.45, 7) is 7.93. The first-order chi connectivity index (χ1) is 14.7. The van der Waals surface area contributed by atoms with Gasteiger partial charge in [0.05, 0.1) is 45.0 Å². The second kappa shape index (κ2) is 13.5. The molecular weight excluding hydrogens is 412 g/mol. The normalized spacial score (nSPS) is 12.9. The topological polar surface area (TPSA) is 71.1 Å². The summed E-state index contributed by atoms with van der Waals surface area (Å²) < 4.78 is 21.8. The third-order valence-corrected chi connectivity index (χ3v) is 4.84. The summed E-state index contributed by atoms with van der Waals surface area (Å²) in [6.07, 6.45) is 5.98. The molecule has 0 atom stereocenters. The monoisotopic (exact) mass is 446 g/mol. The van der Waals surface area contributed by atoms with Gasteiger partial charge in [-0.3, -0.25) is 9.59 Å². The van der Waals surface area contributed by atoms with Crippen molar-refractivity contribution in [3.8, 4) is 0 Å². The maximum atomic E-state index is 12.5. The zero-order valence-electron chi connectivity index (χ0n) is 19.4. The molecule has 0 N–H and O–H groups in total. The van der Waals surface area contributed by atoms with Crippen LogP contribution in [0.15, 0.2) is 60.3 Å². The molecule has 0 saturated heterocycles. The Kier molecular flexibility index (Phi) is 11.4. The fraction of sp³-hybridized carbons (Fsp3) is 0.417. The summed E-state index contributed by atoms with van der Waals surface area (Å²) >= 11 is 0. The first kappa shape index (κ1) is 26.2. The number of methoxy groups -OCH3 is 2. The number of ketones is 1. The zero-order valence-corrected chi connectivity index (χ0v) is 20.4. The van der Waals surface area contributed by atoms with Crippen LogP contribution in [0.2, 0.25) is 19.6 Å². The second-order valence-corrected chi connectivity index (χ2v) is 12.3. The van der Waals surface area contributed by atoms with Gasteiger partial charge in [0.2, 0.25) is 8.32 Å². The minimum absolute atomic E-state index is 0.106. The highest BCUT2D eigenvalue weighted by Gasteiger charge is 2.22. The molecular formula is C24H34O6Si. The largest absolute Gasteiger partial charge is 0.546 e. The van der Waals surface area contributed by atoms with E-state index < -0.39 is 8.32 Å². The number of carbonyl (C=O) groups excluding carboxylic acids is 2. The molecule has 0 unspecified atom stereocenters. The number of esters is 1. The van der Waals surface area contributed by atoms with Crippen LogP contribution in [0.1, 0.15) is 31.7 Å². The van der Waals surface area contributed by atoms with Crippen LogP contribution in [0.4, 0.5) is 0 Å². The summed E-state index contributed by atoms with van der Waals surface area (Å²) in [4.78, 5) is 23.5. The van der Waals surface area contributed by atoms with Crippen LogP contribution >= 0.6 is 0 Å². The Labute approximate surface area is 186 Å². The smallest absolute Gasteiger partial charge is 0.302 e. The van der Waals surface area contributed by atoms with Gasteiger partial charge in [0, 0.05) is 25.0 Å². The van der Waals surface area contributed by atoms with Gasteiger partial charge >= 0.3 is 5.97 Å². The highest BCUT2D eigenvalue weighted by molar-refractivity contribution is 6.70. The molecule has 0 aromatic heterocycles. The van der Waals surface area contributed by atoms with Gasteiger partial charge in [-0.05, 0) is 37.7 Å². The van der Waals surface area contributed by atoms with E-state index in [1.165, 1.54) is 26.4 Å². The number of rotatable bonds is 13. The van der Waals surface area contributed by atoms with Gasteiger partial charge in [-0.2, -0.15) is 0 Å². The zero-order chi connectivity index (χ0) is 23.3. The Morgan fingerprint density at radius 3 is 2.29 bits per heavy atom. The lowest BCUT2D eigenvalue weighted by molar-refractivity contribution is -0.141. The standard InChI is InChI=1S/C24H34O6Si/c1-19(25)29-15-10-13-22(28-3)18-23(20-11-8-7-9-12-20)24(30-31(4,5)6)17-21(26)14-16-27-2/h7-9,11-12,14,16,18H,10,13,15,17H2,1-6H3/b16-14+,22-18-,24-23+. The Bertz CT molecular complexity index is 803. The van der Waals surface area contributed by atoms with Gasteiger partial charge in [0.1, 0.15) is 0 Å². The number of allylic oxidation sites excluding steroid dienone is 5. The summed E-state index contributed by atoms with van der Waals surface area (Å²) in [5.74, 6) is 0.889. The molecule has 0 saturated carbocycles. The number of ether oxygens (including phenoxy) is 3. The van der Waals surface area contributed by atoms with E-state index in [-0.39, 0.29) is 18.2 Å². The molecule has 31 heavy (non-hydrogen) atoms. The van der Waals surface area contributed by atoms with Crippen molar-refractivity contribution >= 4 is 25.6 Å². The average Bonchev–Trinajstić information content (AvgIpc) is 2.70. The predicted octanol–water partition coefficient (Wildman–Crippen LogP) is 5.24. The van der Waals surface area contributed by atoms with Crippen molar-refractivity contribution in [2.45, 2.75) is 45.8 Å². The minimum Gasteiger partial charge on any atom is -0.546 e. The van der Waals surface area contributed by atoms with Crippen molar-refractivity contribution in [2.75, 3.05) is 20.8 Å². The van der Waals surface area contributed by atoms with Crippen LogP contribution in [0.25, 0.3) is 5.57 Å². The minimum atomic E-state index is -2.01. The van der Waals surface area contributed by atoms with E-state index in [4.69, 9.17) is 18.6 Å². The van der Waals surface area contributed by atoms with Crippen molar-refractivity contribution in [1.29, 1.82) is 0 Å². The van der Waals surface area contributed by atoms with E-state index in [0.717, 1.165) is 11.1 Å². The molecule has 7 heteroatoms. The molecule has 1 aromatic rings. The third kappa shape index (κ3) is 11.2. The van der Waals surface area contributed by atoms with Crippen LogP contribution in [0.3, 0.4) is 0 Å². The van der Waals surface area contributed by atoms with E-state index in [1.807, 2.05) is 36.4 Å². The van der Waals surface area contributed by atoms with Crippen molar-refractivity contribution in [1.82, 2.24) is 0 Å². The third-order valence-electron chi connectivity index (χ3n) is 3.98. The van der Waals surface area contributed by atoms with Crippen molar-refractivity contribution in [3.63, 3.8) is 0 Å². The number of hydrogen-bond donors (Lipinski definition) is 0.